The maximum absolute atomic E-state index is 10.8. The van der Waals surface area contributed by atoms with Crippen molar-refractivity contribution < 1.29 is 14.6 Å². The van der Waals surface area contributed by atoms with Crippen LogP contribution in [0.2, 0.25) is 0 Å². The minimum atomic E-state index is -0.949. The van der Waals surface area contributed by atoms with Crippen LogP contribution in [0.15, 0.2) is 24.3 Å². The number of benzene rings is 1. The van der Waals surface area contributed by atoms with Crippen LogP contribution < -0.4 is 4.74 Å². The molecular weight excluding hydrogens is 304 g/mol. The van der Waals surface area contributed by atoms with E-state index in [0.717, 1.165) is 30.5 Å². The number of aromatic carboxylic acids is 1. The van der Waals surface area contributed by atoms with Gasteiger partial charge in [0.2, 0.25) is 5.88 Å². The van der Waals surface area contributed by atoms with E-state index in [2.05, 4.69) is 9.97 Å². The molecule has 1 aliphatic rings. The van der Waals surface area contributed by atoms with Crippen molar-refractivity contribution in [3.63, 3.8) is 0 Å². The highest BCUT2D eigenvalue weighted by molar-refractivity contribution is 5.87. The van der Waals surface area contributed by atoms with Gasteiger partial charge in [0.15, 0.2) is 0 Å². The Hall–Kier alpha value is -2.43. The van der Waals surface area contributed by atoms with Gasteiger partial charge in [-0.05, 0) is 50.5 Å². The van der Waals surface area contributed by atoms with E-state index in [1.165, 1.54) is 12.1 Å². The van der Waals surface area contributed by atoms with Crippen molar-refractivity contribution in [1.29, 1.82) is 0 Å². The van der Waals surface area contributed by atoms with Gasteiger partial charge in [-0.3, -0.25) is 0 Å². The van der Waals surface area contributed by atoms with E-state index in [0.29, 0.717) is 17.5 Å². The Bertz CT molecular complexity index is 667. The van der Waals surface area contributed by atoms with E-state index in [9.17, 15) is 4.79 Å². The number of hydrogen-bond acceptors (Lipinski definition) is 4. The Labute approximate surface area is 143 Å². The molecule has 1 N–H and O–H groups in total. The Balaban J connectivity index is 0.000000671. The van der Waals surface area contributed by atoms with Crippen LogP contribution in [0.3, 0.4) is 0 Å². The zero-order valence-electron chi connectivity index (χ0n) is 15.1. The number of aryl methyl sites for hydroxylation is 2. The van der Waals surface area contributed by atoms with E-state index in [1.54, 1.807) is 12.1 Å². The molecule has 1 aliphatic carbocycles. The molecule has 5 heteroatoms. The van der Waals surface area contributed by atoms with Gasteiger partial charge < -0.3 is 9.84 Å². The van der Waals surface area contributed by atoms with Crippen LogP contribution in [-0.4, -0.2) is 21.0 Å². The quantitative estimate of drug-likeness (QED) is 0.873. The van der Waals surface area contributed by atoms with Gasteiger partial charge >= 0.3 is 5.97 Å². The Morgan fingerprint density at radius 2 is 1.67 bits per heavy atom. The average Bonchev–Trinajstić information content (AvgIpc) is 3.07. The molecule has 1 heterocycles. The standard InChI is InChI=1S/C15H14N2O3.2C2H6/c1-9-16-13-4-2-3-12(13)14(17-9)20-11-7-5-10(6-8-11)15(18)19;2*1-2/h5-8H,2-4H2,1H3,(H,18,19);2*1-2H3. The number of carbonyl (C=O) groups is 1. The van der Waals surface area contributed by atoms with Crippen LogP contribution in [0.25, 0.3) is 0 Å². The van der Waals surface area contributed by atoms with Crippen LogP contribution in [0.5, 0.6) is 11.6 Å². The molecule has 1 aromatic carbocycles. The van der Waals surface area contributed by atoms with E-state index in [4.69, 9.17) is 9.84 Å². The van der Waals surface area contributed by atoms with Gasteiger partial charge in [-0.15, -0.1) is 0 Å². The minimum absolute atomic E-state index is 0.237. The van der Waals surface area contributed by atoms with Crippen LogP contribution in [0.4, 0.5) is 0 Å². The van der Waals surface area contributed by atoms with Crippen molar-refractivity contribution in [3.05, 3.63) is 46.9 Å². The summed E-state index contributed by atoms with van der Waals surface area (Å²) in [6.07, 6.45) is 2.97. The number of ether oxygens (including phenoxy) is 1. The normalized spacial score (nSPS) is 11.4. The van der Waals surface area contributed by atoms with Crippen molar-refractivity contribution in [3.8, 4) is 11.6 Å². The first kappa shape index (κ1) is 19.6. The van der Waals surface area contributed by atoms with Crippen molar-refractivity contribution in [1.82, 2.24) is 9.97 Å². The smallest absolute Gasteiger partial charge is 0.335 e. The van der Waals surface area contributed by atoms with Gasteiger partial charge in [0.05, 0.1) is 11.3 Å². The number of rotatable bonds is 3. The topological polar surface area (TPSA) is 72.3 Å². The lowest BCUT2D eigenvalue weighted by molar-refractivity contribution is 0.0697. The third-order valence-electron chi connectivity index (χ3n) is 3.32. The summed E-state index contributed by atoms with van der Waals surface area (Å²) >= 11 is 0. The zero-order chi connectivity index (χ0) is 18.1. The summed E-state index contributed by atoms with van der Waals surface area (Å²) in [4.78, 5) is 19.6. The van der Waals surface area contributed by atoms with E-state index < -0.39 is 5.97 Å². The third kappa shape index (κ3) is 4.78. The molecular formula is C19H26N2O3. The van der Waals surface area contributed by atoms with Crippen LogP contribution in [0, 0.1) is 6.92 Å². The second-order valence-corrected chi connectivity index (χ2v) is 4.79. The van der Waals surface area contributed by atoms with Crippen LogP contribution in [0.1, 0.15) is 61.6 Å². The highest BCUT2D eigenvalue weighted by Crippen LogP contribution is 2.31. The maximum Gasteiger partial charge on any atom is 0.335 e. The Kier molecular flexibility index (Phi) is 7.89. The molecule has 0 radical (unpaired) electrons. The average molecular weight is 330 g/mol. The summed E-state index contributed by atoms with van der Waals surface area (Å²) in [5.74, 6) is 0.924. The predicted molar refractivity (Wildman–Crippen MR) is 95.0 cm³/mol. The monoisotopic (exact) mass is 330 g/mol. The number of nitrogens with zero attached hydrogens (tertiary/aromatic N) is 2. The Morgan fingerprint density at radius 3 is 2.25 bits per heavy atom. The van der Waals surface area contributed by atoms with Crippen LogP contribution >= 0.6 is 0 Å². The summed E-state index contributed by atoms with van der Waals surface area (Å²) in [6, 6.07) is 6.32. The second-order valence-electron chi connectivity index (χ2n) is 4.79. The van der Waals surface area contributed by atoms with Gasteiger partial charge in [-0.2, -0.15) is 4.98 Å². The highest BCUT2D eigenvalue weighted by atomic mass is 16.5. The molecule has 0 spiro atoms. The number of carboxylic acids is 1. The first-order valence-corrected chi connectivity index (χ1v) is 8.51. The lowest BCUT2D eigenvalue weighted by Gasteiger charge is -2.10. The molecule has 1 aromatic heterocycles. The first-order chi connectivity index (χ1) is 11.6. The maximum atomic E-state index is 10.8. The molecule has 0 aliphatic heterocycles. The van der Waals surface area contributed by atoms with Crippen LogP contribution in [-0.2, 0) is 12.8 Å². The van der Waals surface area contributed by atoms with Gasteiger partial charge in [-0.1, -0.05) is 27.7 Å². The molecule has 24 heavy (non-hydrogen) atoms. The first-order valence-electron chi connectivity index (χ1n) is 8.51. The van der Waals surface area contributed by atoms with Crippen molar-refractivity contribution in [2.45, 2.75) is 53.9 Å². The number of fused-ring (bicyclic) bond motifs is 1. The zero-order valence-corrected chi connectivity index (χ0v) is 15.1. The van der Waals surface area contributed by atoms with Crippen molar-refractivity contribution in [2.75, 3.05) is 0 Å². The second kappa shape index (κ2) is 9.65. The highest BCUT2D eigenvalue weighted by Gasteiger charge is 2.19. The van der Waals surface area contributed by atoms with Gasteiger partial charge in [0, 0.05) is 5.56 Å². The molecule has 3 rings (SSSR count). The lowest BCUT2D eigenvalue weighted by Crippen LogP contribution is -2.01. The van der Waals surface area contributed by atoms with E-state index in [1.807, 2.05) is 34.6 Å². The van der Waals surface area contributed by atoms with E-state index in [-0.39, 0.29) is 5.56 Å². The number of aromatic nitrogens is 2. The molecule has 0 saturated carbocycles. The predicted octanol–water partition coefficient (Wildman–Crippen LogP) is 4.82. The fraction of sp³-hybridized carbons (Fsp3) is 0.421. The van der Waals surface area contributed by atoms with Crippen molar-refractivity contribution in [2.24, 2.45) is 0 Å². The fourth-order valence-electron chi connectivity index (χ4n) is 2.38. The molecule has 130 valence electrons. The van der Waals surface area contributed by atoms with Gasteiger partial charge in [-0.25, -0.2) is 9.78 Å². The summed E-state index contributed by atoms with van der Waals surface area (Å²) in [5.41, 5.74) is 2.37. The molecule has 0 saturated heterocycles. The fourth-order valence-corrected chi connectivity index (χ4v) is 2.38. The SMILES string of the molecule is CC.CC.Cc1nc2c(c(Oc3ccc(C(=O)O)cc3)n1)CCC2. The number of hydrogen-bond donors (Lipinski definition) is 1. The summed E-state index contributed by atoms with van der Waals surface area (Å²) in [7, 11) is 0. The minimum Gasteiger partial charge on any atom is -0.478 e. The molecule has 0 atom stereocenters. The van der Waals surface area contributed by atoms with Gasteiger partial charge in [0.25, 0.3) is 0 Å². The molecule has 0 unspecified atom stereocenters. The van der Waals surface area contributed by atoms with E-state index >= 15 is 0 Å². The van der Waals surface area contributed by atoms with Gasteiger partial charge in [0.1, 0.15) is 11.6 Å². The summed E-state index contributed by atoms with van der Waals surface area (Å²) < 4.78 is 5.79. The molecule has 0 amide bonds. The summed E-state index contributed by atoms with van der Waals surface area (Å²) in [6.45, 7) is 9.85. The third-order valence-corrected chi connectivity index (χ3v) is 3.32. The molecule has 0 fully saturated rings. The lowest BCUT2D eigenvalue weighted by atomic mass is 10.2. The molecule has 2 aromatic rings. The molecule has 0 bridgehead atoms. The number of carboxylic acid groups (broad SMARTS) is 1. The Morgan fingerprint density at radius 1 is 1.04 bits per heavy atom. The largest absolute Gasteiger partial charge is 0.478 e. The van der Waals surface area contributed by atoms with Crippen molar-refractivity contribution >= 4 is 5.97 Å². The summed E-state index contributed by atoms with van der Waals surface area (Å²) in [5, 5.41) is 8.87. The molecule has 5 nitrogen and oxygen atoms in total.